The number of methoxy groups -OCH3 is 1. The second kappa shape index (κ2) is 6.91. The maximum absolute atomic E-state index is 12.2. The smallest absolute Gasteiger partial charge is 0.327 e. The second-order valence-electron chi connectivity index (χ2n) is 5.02. The molecule has 0 aromatic heterocycles. The van der Waals surface area contributed by atoms with E-state index >= 15 is 0 Å². The van der Waals surface area contributed by atoms with E-state index in [2.05, 4.69) is 0 Å². The highest BCUT2D eigenvalue weighted by molar-refractivity contribution is 6.30. The molecular weight excluding hydrogens is 292 g/mol. The van der Waals surface area contributed by atoms with Crippen molar-refractivity contribution in [1.29, 1.82) is 0 Å². The third-order valence-corrected chi connectivity index (χ3v) is 3.95. The summed E-state index contributed by atoms with van der Waals surface area (Å²) < 4.78 is 4.93. The number of nitrogens with zero attached hydrogens (tertiary/aromatic N) is 2. The van der Waals surface area contributed by atoms with Crippen LogP contribution in [0.4, 0.5) is 0 Å². The van der Waals surface area contributed by atoms with E-state index in [1.807, 2.05) is 17.0 Å². The van der Waals surface area contributed by atoms with Crippen LogP contribution >= 0.6 is 11.6 Å². The van der Waals surface area contributed by atoms with Gasteiger partial charge in [0.15, 0.2) is 0 Å². The summed E-state index contributed by atoms with van der Waals surface area (Å²) in [6.45, 7) is 4.05. The molecule has 0 bridgehead atoms. The maximum Gasteiger partial charge on any atom is 0.327 e. The normalized spacial score (nSPS) is 17.4. The van der Waals surface area contributed by atoms with Crippen LogP contribution in [-0.4, -0.2) is 55.0 Å². The van der Waals surface area contributed by atoms with Gasteiger partial charge < -0.3 is 9.64 Å². The lowest BCUT2D eigenvalue weighted by Gasteiger charge is -2.37. The Hall–Kier alpha value is -1.59. The minimum Gasteiger partial charge on any atom is -0.468 e. The van der Waals surface area contributed by atoms with E-state index in [0.29, 0.717) is 31.2 Å². The summed E-state index contributed by atoms with van der Waals surface area (Å²) in [7, 11) is 1.38. The zero-order valence-electron chi connectivity index (χ0n) is 12.2. The summed E-state index contributed by atoms with van der Waals surface area (Å²) in [5, 5.41) is 0.587. The molecule has 0 unspecified atom stereocenters. The van der Waals surface area contributed by atoms with E-state index in [1.165, 1.54) is 7.11 Å². The van der Waals surface area contributed by atoms with E-state index in [4.69, 9.17) is 16.3 Å². The molecule has 0 spiro atoms. The number of hydrogen-bond donors (Lipinski definition) is 0. The van der Waals surface area contributed by atoms with Crippen LogP contribution in [0.3, 0.4) is 0 Å². The van der Waals surface area contributed by atoms with Gasteiger partial charge in [0.1, 0.15) is 6.04 Å². The summed E-state index contributed by atoms with van der Waals surface area (Å²) in [5.74, 6) is -0.249. The molecule has 1 aliphatic heterocycles. The quantitative estimate of drug-likeness (QED) is 0.798. The summed E-state index contributed by atoms with van der Waals surface area (Å²) in [6.07, 6.45) is 0. The van der Waals surface area contributed by atoms with Gasteiger partial charge in [0.2, 0.25) is 5.91 Å². The maximum atomic E-state index is 12.2. The molecule has 1 aromatic carbocycles. The van der Waals surface area contributed by atoms with Gasteiger partial charge >= 0.3 is 5.97 Å². The average Bonchev–Trinajstić information content (AvgIpc) is 2.48. The molecule has 1 aliphatic rings. The van der Waals surface area contributed by atoms with Crippen molar-refractivity contribution in [2.75, 3.05) is 33.3 Å². The van der Waals surface area contributed by atoms with Crippen LogP contribution in [0.25, 0.3) is 0 Å². The Morgan fingerprint density at radius 1 is 1.24 bits per heavy atom. The standard InChI is InChI=1S/C15H19ClN2O3/c1-11(19)17-6-8-18(9-7-17)14(15(20)21-2)12-4-3-5-13(16)10-12/h3-5,10,14H,6-9H2,1-2H3/t14-/m1/s1. The predicted molar refractivity (Wildman–Crippen MR) is 80.0 cm³/mol. The molecule has 1 amide bonds. The van der Waals surface area contributed by atoms with Crippen LogP contribution in [0.1, 0.15) is 18.5 Å². The predicted octanol–water partition coefficient (Wildman–Crippen LogP) is 1.72. The molecule has 2 rings (SSSR count). The lowest BCUT2D eigenvalue weighted by atomic mass is 10.0. The average molecular weight is 311 g/mol. The van der Waals surface area contributed by atoms with E-state index < -0.39 is 6.04 Å². The van der Waals surface area contributed by atoms with Gasteiger partial charge in [-0.15, -0.1) is 0 Å². The number of amides is 1. The second-order valence-corrected chi connectivity index (χ2v) is 5.46. The molecule has 114 valence electrons. The van der Waals surface area contributed by atoms with Crippen molar-refractivity contribution in [1.82, 2.24) is 9.80 Å². The summed E-state index contributed by atoms with van der Waals surface area (Å²) in [6, 6.07) is 6.75. The molecule has 0 N–H and O–H groups in total. The van der Waals surface area contributed by atoms with Gasteiger partial charge in [-0.05, 0) is 17.7 Å². The van der Waals surface area contributed by atoms with E-state index in [9.17, 15) is 9.59 Å². The minimum atomic E-state index is -0.484. The fourth-order valence-electron chi connectivity index (χ4n) is 2.58. The zero-order chi connectivity index (χ0) is 15.4. The van der Waals surface area contributed by atoms with Gasteiger partial charge in [-0.3, -0.25) is 9.69 Å². The molecule has 5 nitrogen and oxygen atoms in total. The Labute approximate surface area is 129 Å². The van der Waals surface area contributed by atoms with E-state index in [0.717, 1.165) is 5.56 Å². The first kappa shape index (κ1) is 15.8. The van der Waals surface area contributed by atoms with Crippen molar-refractivity contribution < 1.29 is 14.3 Å². The Bertz CT molecular complexity index is 527. The fourth-order valence-corrected chi connectivity index (χ4v) is 2.78. The molecule has 1 saturated heterocycles. The monoisotopic (exact) mass is 310 g/mol. The molecule has 1 heterocycles. The number of piperazine rings is 1. The Balaban J connectivity index is 2.18. The Kier molecular flexibility index (Phi) is 5.20. The number of carbonyl (C=O) groups excluding carboxylic acids is 2. The van der Waals surface area contributed by atoms with Crippen LogP contribution in [0.2, 0.25) is 5.02 Å². The fraction of sp³-hybridized carbons (Fsp3) is 0.467. The molecule has 1 aromatic rings. The van der Waals surface area contributed by atoms with Crippen molar-refractivity contribution in [3.63, 3.8) is 0 Å². The highest BCUT2D eigenvalue weighted by Gasteiger charge is 2.31. The summed E-state index contributed by atoms with van der Waals surface area (Å²) >= 11 is 6.02. The largest absolute Gasteiger partial charge is 0.468 e. The van der Waals surface area contributed by atoms with Crippen LogP contribution in [0, 0.1) is 0 Å². The SMILES string of the molecule is COC(=O)[C@@H](c1cccc(Cl)c1)N1CCN(C(C)=O)CC1. The van der Waals surface area contributed by atoms with Crippen LogP contribution in [-0.2, 0) is 14.3 Å². The van der Waals surface area contributed by atoms with Gasteiger partial charge in [-0.1, -0.05) is 23.7 Å². The van der Waals surface area contributed by atoms with Crippen LogP contribution < -0.4 is 0 Å². The number of halogens is 1. The van der Waals surface area contributed by atoms with Crippen molar-refractivity contribution in [3.8, 4) is 0 Å². The van der Waals surface area contributed by atoms with Gasteiger partial charge in [-0.25, -0.2) is 4.79 Å². The first-order chi connectivity index (χ1) is 10.0. The molecular formula is C15H19ClN2O3. The topological polar surface area (TPSA) is 49.9 Å². The van der Waals surface area contributed by atoms with Crippen molar-refractivity contribution in [2.24, 2.45) is 0 Å². The third-order valence-electron chi connectivity index (χ3n) is 3.71. The number of hydrogen-bond acceptors (Lipinski definition) is 4. The van der Waals surface area contributed by atoms with Crippen molar-refractivity contribution in [3.05, 3.63) is 34.9 Å². The lowest BCUT2D eigenvalue weighted by Crippen LogP contribution is -2.50. The lowest BCUT2D eigenvalue weighted by molar-refractivity contribution is -0.148. The van der Waals surface area contributed by atoms with Gasteiger partial charge in [0, 0.05) is 38.1 Å². The summed E-state index contributed by atoms with van der Waals surface area (Å²) in [5.41, 5.74) is 0.811. The third kappa shape index (κ3) is 3.74. The highest BCUT2D eigenvalue weighted by Crippen LogP contribution is 2.25. The number of carbonyl (C=O) groups is 2. The van der Waals surface area contributed by atoms with Crippen molar-refractivity contribution in [2.45, 2.75) is 13.0 Å². The molecule has 1 atom stereocenters. The molecule has 1 fully saturated rings. The van der Waals surface area contributed by atoms with Crippen LogP contribution in [0.15, 0.2) is 24.3 Å². The van der Waals surface area contributed by atoms with Gasteiger partial charge in [0.25, 0.3) is 0 Å². The molecule has 0 saturated carbocycles. The Morgan fingerprint density at radius 2 is 1.90 bits per heavy atom. The van der Waals surface area contributed by atoms with Crippen molar-refractivity contribution >= 4 is 23.5 Å². The number of ether oxygens (including phenoxy) is 1. The first-order valence-corrected chi connectivity index (χ1v) is 7.23. The summed E-state index contributed by atoms with van der Waals surface area (Å²) in [4.78, 5) is 27.3. The first-order valence-electron chi connectivity index (χ1n) is 6.86. The number of benzene rings is 1. The Morgan fingerprint density at radius 3 is 2.43 bits per heavy atom. The molecule has 0 aliphatic carbocycles. The van der Waals surface area contributed by atoms with Gasteiger partial charge in [-0.2, -0.15) is 0 Å². The number of esters is 1. The highest BCUT2D eigenvalue weighted by atomic mass is 35.5. The van der Waals surface area contributed by atoms with Crippen LogP contribution in [0.5, 0.6) is 0 Å². The van der Waals surface area contributed by atoms with Gasteiger partial charge in [0.05, 0.1) is 7.11 Å². The molecule has 21 heavy (non-hydrogen) atoms. The van der Waals surface area contributed by atoms with E-state index in [-0.39, 0.29) is 11.9 Å². The minimum absolute atomic E-state index is 0.0621. The number of rotatable bonds is 3. The van der Waals surface area contributed by atoms with E-state index in [1.54, 1.807) is 24.0 Å². The molecule has 6 heteroatoms. The molecule has 0 radical (unpaired) electrons. The zero-order valence-corrected chi connectivity index (χ0v) is 13.0.